The molecule has 15 heavy (non-hydrogen) atoms. The lowest BCUT2D eigenvalue weighted by Gasteiger charge is -2.09. The molecule has 5 heteroatoms. The van der Waals surface area contributed by atoms with Gasteiger partial charge in [-0.25, -0.2) is 8.42 Å². The SMILES string of the molecule is C#CCNS(=O)(=O)c1c(C)cccc1N. The topological polar surface area (TPSA) is 72.2 Å². The molecule has 0 saturated carbocycles. The summed E-state index contributed by atoms with van der Waals surface area (Å²) in [6.07, 6.45) is 4.98. The lowest BCUT2D eigenvalue weighted by Crippen LogP contribution is -2.25. The van der Waals surface area contributed by atoms with Gasteiger partial charge in [0.1, 0.15) is 4.90 Å². The smallest absolute Gasteiger partial charge is 0.243 e. The van der Waals surface area contributed by atoms with Crippen molar-refractivity contribution in [3.8, 4) is 12.3 Å². The number of nitrogens with one attached hydrogen (secondary N) is 1. The van der Waals surface area contributed by atoms with Gasteiger partial charge in [-0.2, -0.15) is 4.72 Å². The van der Waals surface area contributed by atoms with Crippen LogP contribution in [0.2, 0.25) is 0 Å². The summed E-state index contributed by atoms with van der Waals surface area (Å²) < 4.78 is 25.8. The number of nitrogen functional groups attached to an aromatic ring is 1. The minimum absolute atomic E-state index is 0.0455. The highest BCUT2D eigenvalue weighted by atomic mass is 32.2. The summed E-state index contributed by atoms with van der Waals surface area (Å²) in [5.41, 5.74) is 6.43. The standard InChI is InChI=1S/C10H12N2O2S/c1-3-7-12-15(13,14)10-8(2)5-4-6-9(10)11/h1,4-6,12H,7,11H2,2H3. The summed E-state index contributed by atoms with van der Waals surface area (Å²) in [5.74, 6) is 2.20. The molecule has 0 unspecified atom stereocenters. The molecule has 0 amide bonds. The largest absolute Gasteiger partial charge is 0.398 e. The predicted molar refractivity (Wildman–Crippen MR) is 59.6 cm³/mol. The van der Waals surface area contributed by atoms with E-state index >= 15 is 0 Å². The van der Waals surface area contributed by atoms with E-state index in [0.29, 0.717) is 5.56 Å². The summed E-state index contributed by atoms with van der Waals surface area (Å²) >= 11 is 0. The Hall–Kier alpha value is -1.51. The third kappa shape index (κ3) is 2.49. The van der Waals surface area contributed by atoms with Crippen molar-refractivity contribution in [1.29, 1.82) is 0 Å². The van der Waals surface area contributed by atoms with Gasteiger partial charge >= 0.3 is 0 Å². The Morgan fingerprint density at radius 1 is 1.53 bits per heavy atom. The molecule has 4 nitrogen and oxygen atoms in total. The Labute approximate surface area is 89.5 Å². The second-order valence-electron chi connectivity index (χ2n) is 3.02. The fourth-order valence-electron chi connectivity index (χ4n) is 1.25. The summed E-state index contributed by atoms with van der Waals surface area (Å²) in [6.45, 7) is 1.64. The maximum Gasteiger partial charge on any atom is 0.243 e. The van der Waals surface area contributed by atoms with E-state index in [9.17, 15) is 8.42 Å². The van der Waals surface area contributed by atoms with Gasteiger partial charge in [0.05, 0.1) is 12.2 Å². The molecule has 0 fully saturated rings. The molecule has 0 radical (unpaired) electrons. The monoisotopic (exact) mass is 224 g/mol. The molecule has 3 N–H and O–H groups in total. The van der Waals surface area contributed by atoms with Crippen molar-refractivity contribution >= 4 is 15.7 Å². The molecule has 0 saturated heterocycles. The zero-order chi connectivity index (χ0) is 11.5. The quantitative estimate of drug-likeness (QED) is 0.579. The van der Waals surface area contributed by atoms with E-state index in [1.807, 2.05) is 0 Å². The van der Waals surface area contributed by atoms with Crippen LogP contribution in [0.5, 0.6) is 0 Å². The van der Waals surface area contributed by atoms with Crippen LogP contribution in [0.4, 0.5) is 5.69 Å². The molecule has 0 aliphatic heterocycles. The number of hydrogen-bond acceptors (Lipinski definition) is 3. The van der Waals surface area contributed by atoms with Gasteiger partial charge in [0, 0.05) is 0 Å². The third-order valence-corrected chi connectivity index (χ3v) is 3.49. The Balaban J connectivity index is 3.22. The van der Waals surface area contributed by atoms with Crippen LogP contribution in [-0.2, 0) is 10.0 Å². The van der Waals surface area contributed by atoms with Crippen molar-refractivity contribution in [2.75, 3.05) is 12.3 Å². The molecule has 0 bridgehead atoms. The van der Waals surface area contributed by atoms with Crippen molar-refractivity contribution in [3.05, 3.63) is 23.8 Å². The van der Waals surface area contributed by atoms with Crippen molar-refractivity contribution in [2.24, 2.45) is 0 Å². The van der Waals surface area contributed by atoms with Crippen LogP contribution >= 0.6 is 0 Å². The number of benzene rings is 1. The molecule has 0 heterocycles. The maximum atomic E-state index is 11.7. The molecule has 1 aromatic rings. The van der Waals surface area contributed by atoms with Gasteiger partial charge in [0.15, 0.2) is 0 Å². The molecular formula is C10H12N2O2S. The molecule has 1 rings (SSSR count). The molecular weight excluding hydrogens is 212 g/mol. The molecule has 0 atom stereocenters. The first-order valence-electron chi connectivity index (χ1n) is 4.27. The highest BCUT2D eigenvalue weighted by molar-refractivity contribution is 7.89. The van der Waals surface area contributed by atoms with Crippen molar-refractivity contribution in [2.45, 2.75) is 11.8 Å². The highest BCUT2D eigenvalue weighted by Gasteiger charge is 2.18. The fourth-order valence-corrected chi connectivity index (χ4v) is 2.54. The van der Waals surface area contributed by atoms with Crippen LogP contribution in [0.1, 0.15) is 5.56 Å². The number of aryl methyl sites for hydroxylation is 1. The second-order valence-corrected chi connectivity index (χ2v) is 4.73. The molecule has 0 aliphatic rings. The van der Waals surface area contributed by atoms with Crippen molar-refractivity contribution in [3.63, 3.8) is 0 Å². The van der Waals surface area contributed by atoms with Gasteiger partial charge < -0.3 is 5.73 Å². The first-order valence-corrected chi connectivity index (χ1v) is 5.75. The summed E-state index contributed by atoms with van der Waals surface area (Å²) in [7, 11) is -3.60. The van der Waals surface area contributed by atoms with Crippen LogP contribution in [-0.4, -0.2) is 15.0 Å². The second kappa shape index (κ2) is 4.34. The minimum Gasteiger partial charge on any atom is -0.398 e. The summed E-state index contributed by atoms with van der Waals surface area (Å²) in [5, 5.41) is 0. The molecule has 0 aromatic heterocycles. The van der Waals surface area contributed by atoms with Crippen LogP contribution in [0.25, 0.3) is 0 Å². The van der Waals surface area contributed by atoms with E-state index in [0.717, 1.165) is 0 Å². The van der Waals surface area contributed by atoms with Gasteiger partial charge in [-0.3, -0.25) is 0 Å². The van der Waals surface area contributed by atoms with E-state index in [1.165, 1.54) is 6.07 Å². The minimum atomic E-state index is -3.60. The van der Waals surface area contributed by atoms with E-state index in [1.54, 1.807) is 19.1 Å². The Morgan fingerprint density at radius 2 is 2.20 bits per heavy atom. The number of nitrogens with two attached hydrogens (primary N) is 1. The number of terminal acetylenes is 1. The fraction of sp³-hybridized carbons (Fsp3) is 0.200. The normalized spacial score (nSPS) is 10.9. The number of sulfonamides is 1. The van der Waals surface area contributed by atoms with Gasteiger partial charge in [0.25, 0.3) is 0 Å². The Morgan fingerprint density at radius 3 is 2.73 bits per heavy atom. The highest BCUT2D eigenvalue weighted by Crippen LogP contribution is 2.21. The molecule has 0 aliphatic carbocycles. The number of hydrogen-bond donors (Lipinski definition) is 2. The van der Waals surface area contributed by atoms with Crippen LogP contribution in [0.3, 0.4) is 0 Å². The summed E-state index contributed by atoms with van der Waals surface area (Å²) in [4.78, 5) is 0.0975. The first kappa shape index (κ1) is 11.6. The third-order valence-electron chi connectivity index (χ3n) is 1.88. The lowest BCUT2D eigenvalue weighted by atomic mass is 10.2. The lowest BCUT2D eigenvalue weighted by molar-refractivity contribution is 0.586. The molecule has 1 aromatic carbocycles. The van der Waals surface area contributed by atoms with Crippen molar-refractivity contribution < 1.29 is 8.42 Å². The average molecular weight is 224 g/mol. The molecule has 80 valence electrons. The van der Waals surface area contributed by atoms with Gasteiger partial charge in [-0.05, 0) is 18.6 Å². The van der Waals surface area contributed by atoms with E-state index in [4.69, 9.17) is 12.2 Å². The summed E-state index contributed by atoms with van der Waals surface area (Å²) in [6, 6.07) is 4.92. The van der Waals surface area contributed by atoms with Gasteiger partial charge in [-0.15, -0.1) is 6.42 Å². The van der Waals surface area contributed by atoms with E-state index < -0.39 is 10.0 Å². The Kier molecular flexibility index (Phi) is 3.35. The first-order chi connectivity index (χ1) is 6.99. The molecule has 0 spiro atoms. The maximum absolute atomic E-state index is 11.7. The van der Waals surface area contributed by atoms with Gasteiger partial charge in [0.2, 0.25) is 10.0 Å². The zero-order valence-electron chi connectivity index (χ0n) is 8.32. The van der Waals surface area contributed by atoms with Crippen molar-refractivity contribution in [1.82, 2.24) is 4.72 Å². The Bertz CT molecular complexity index is 480. The zero-order valence-corrected chi connectivity index (χ0v) is 9.14. The van der Waals surface area contributed by atoms with Crippen LogP contribution in [0, 0.1) is 19.3 Å². The van der Waals surface area contributed by atoms with Crippen LogP contribution < -0.4 is 10.5 Å². The predicted octanol–water partition coefficient (Wildman–Crippen LogP) is 0.489. The van der Waals surface area contributed by atoms with Crippen LogP contribution in [0.15, 0.2) is 23.1 Å². The number of anilines is 1. The number of rotatable bonds is 3. The average Bonchev–Trinajstić information content (AvgIpc) is 2.14. The van der Waals surface area contributed by atoms with E-state index in [-0.39, 0.29) is 17.1 Å². The van der Waals surface area contributed by atoms with Gasteiger partial charge in [-0.1, -0.05) is 18.1 Å². The van der Waals surface area contributed by atoms with E-state index in [2.05, 4.69) is 10.6 Å².